The number of nitrogens with zero attached hydrogens (tertiary/aromatic N) is 5. The third kappa shape index (κ3) is 6.23. The summed E-state index contributed by atoms with van der Waals surface area (Å²) in [5.41, 5.74) is 19.8. The Morgan fingerprint density at radius 2 is 0.554 bits per heavy atom. The number of aromatic nitrogens is 3. The average Bonchev–Trinajstić information content (AvgIpc) is 4.10. The van der Waals surface area contributed by atoms with Gasteiger partial charge in [-0.2, -0.15) is 0 Å². The van der Waals surface area contributed by atoms with Crippen LogP contribution in [-0.4, -0.2) is 13.7 Å². The summed E-state index contributed by atoms with van der Waals surface area (Å²) in [4.78, 5) is 4.83. The van der Waals surface area contributed by atoms with Crippen LogP contribution in [0, 0.1) is 0 Å². The SMILES string of the molecule is CC1(C)c2ccccc2N(c2ccc3c(c2)c2ccccc2n3-c2ccc(N(c3ccc(-n4c5ccccc5c5ccccc54)cc3)c3ccc(-n4c5ccccc5c5ccccc54)cc3)cc2)c2ccccc21. The third-order valence-corrected chi connectivity index (χ3v) is 15.8. The third-order valence-electron chi connectivity index (χ3n) is 15.8. The molecule has 1 aliphatic rings. The number of fused-ring (bicyclic) bond motifs is 11. The van der Waals surface area contributed by atoms with E-state index in [2.05, 4.69) is 298 Å². The van der Waals surface area contributed by atoms with Crippen LogP contribution < -0.4 is 9.80 Å². The summed E-state index contributed by atoms with van der Waals surface area (Å²) < 4.78 is 7.19. The zero-order valence-electron chi connectivity index (χ0n) is 41.1. The number of para-hydroxylation sites is 7. The van der Waals surface area contributed by atoms with E-state index in [4.69, 9.17) is 0 Å². The predicted octanol–water partition coefficient (Wildman–Crippen LogP) is 18.6. The Balaban J connectivity index is 0.851. The molecule has 0 N–H and O–H groups in total. The van der Waals surface area contributed by atoms with Crippen LogP contribution in [-0.2, 0) is 5.41 Å². The summed E-state index contributed by atoms with van der Waals surface area (Å²) in [5, 5.41) is 7.45. The van der Waals surface area contributed by atoms with E-state index in [0.717, 1.165) is 39.8 Å². The molecule has 0 saturated heterocycles. The first-order chi connectivity index (χ1) is 36.5. The molecule has 11 aromatic carbocycles. The van der Waals surface area contributed by atoms with E-state index >= 15 is 0 Å². The van der Waals surface area contributed by atoms with Crippen molar-refractivity contribution in [3.05, 3.63) is 272 Å². The first kappa shape index (κ1) is 42.1. The Morgan fingerprint density at radius 1 is 0.270 bits per heavy atom. The highest BCUT2D eigenvalue weighted by Gasteiger charge is 2.36. The van der Waals surface area contributed by atoms with Crippen LogP contribution in [0.5, 0.6) is 0 Å². The fourth-order valence-electron chi connectivity index (χ4n) is 12.4. The van der Waals surface area contributed by atoms with Crippen LogP contribution in [0.1, 0.15) is 25.0 Å². The standard InChI is InChI=1S/C69H49N5/c1-69(2)59-22-8-15-29-67(59)74(68-30-16-9-23-60(68)69)52-43-44-66-58(45-52)57-21-7-14-28-65(57)73(66)51-41-35-48(36-42-51)70(46-31-37-49(38-32-46)71-61-24-10-3-17-53(61)54-18-4-11-25-62(54)71)47-33-39-50(40-34-47)72-63-26-12-5-19-55(63)56-20-6-13-27-64(56)72/h3-45H,1-2H3. The molecular weight excluding hydrogens is 899 g/mol. The van der Waals surface area contributed by atoms with E-state index in [1.807, 2.05) is 0 Å². The minimum Gasteiger partial charge on any atom is -0.310 e. The minimum absolute atomic E-state index is 0.126. The lowest BCUT2D eigenvalue weighted by atomic mass is 9.73. The molecule has 5 heteroatoms. The molecule has 0 atom stereocenters. The van der Waals surface area contributed by atoms with Gasteiger partial charge in [-0.05, 0) is 145 Å². The van der Waals surface area contributed by atoms with Crippen molar-refractivity contribution in [3.8, 4) is 17.1 Å². The van der Waals surface area contributed by atoms with Gasteiger partial charge in [0.15, 0.2) is 0 Å². The Hall–Kier alpha value is -9.58. The summed E-state index contributed by atoms with van der Waals surface area (Å²) >= 11 is 0. The summed E-state index contributed by atoms with van der Waals surface area (Å²) in [6.07, 6.45) is 0. The van der Waals surface area contributed by atoms with Crippen LogP contribution in [0.15, 0.2) is 261 Å². The zero-order chi connectivity index (χ0) is 49.1. The van der Waals surface area contributed by atoms with Crippen LogP contribution in [0.25, 0.3) is 82.5 Å². The monoisotopic (exact) mass is 947 g/mol. The maximum Gasteiger partial charge on any atom is 0.0542 e. The summed E-state index contributed by atoms with van der Waals surface area (Å²) in [5.74, 6) is 0. The highest BCUT2D eigenvalue weighted by Crippen LogP contribution is 2.52. The van der Waals surface area contributed by atoms with Crippen molar-refractivity contribution < 1.29 is 0 Å². The lowest BCUT2D eigenvalue weighted by Crippen LogP contribution is -2.30. The first-order valence-corrected chi connectivity index (χ1v) is 25.6. The topological polar surface area (TPSA) is 21.3 Å². The van der Waals surface area contributed by atoms with E-state index in [-0.39, 0.29) is 5.41 Å². The number of anilines is 6. The van der Waals surface area contributed by atoms with Crippen molar-refractivity contribution in [1.82, 2.24) is 13.7 Å². The highest BCUT2D eigenvalue weighted by molar-refractivity contribution is 6.12. The van der Waals surface area contributed by atoms with E-state index in [9.17, 15) is 0 Å². The zero-order valence-corrected chi connectivity index (χ0v) is 41.1. The van der Waals surface area contributed by atoms with Crippen LogP contribution >= 0.6 is 0 Å². The molecule has 0 amide bonds. The lowest BCUT2D eigenvalue weighted by Gasteiger charge is -2.42. The number of hydrogen-bond acceptors (Lipinski definition) is 2. The molecule has 0 unspecified atom stereocenters. The molecule has 5 nitrogen and oxygen atoms in total. The smallest absolute Gasteiger partial charge is 0.0542 e. The number of benzene rings is 11. The second-order valence-corrected chi connectivity index (χ2v) is 20.2. The summed E-state index contributed by atoms with van der Waals surface area (Å²) in [6, 6.07) is 95.6. The van der Waals surface area contributed by atoms with Crippen molar-refractivity contribution in [2.24, 2.45) is 0 Å². The van der Waals surface area contributed by atoms with Crippen LogP contribution in [0.2, 0.25) is 0 Å². The Bertz CT molecular complexity index is 4200. The van der Waals surface area contributed by atoms with E-state index < -0.39 is 0 Å². The molecule has 3 aromatic heterocycles. The van der Waals surface area contributed by atoms with Gasteiger partial charge in [0.25, 0.3) is 0 Å². The van der Waals surface area contributed by atoms with Crippen molar-refractivity contribution in [3.63, 3.8) is 0 Å². The average molecular weight is 948 g/mol. The number of rotatable bonds is 7. The van der Waals surface area contributed by atoms with Gasteiger partial charge >= 0.3 is 0 Å². The fraction of sp³-hybridized carbons (Fsp3) is 0.0435. The molecule has 0 aliphatic carbocycles. The molecule has 1 aliphatic heterocycles. The highest BCUT2D eigenvalue weighted by atomic mass is 15.2. The van der Waals surface area contributed by atoms with Gasteiger partial charge < -0.3 is 23.5 Å². The molecule has 0 radical (unpaired) electrons. The quantitative estimate of drug-likeness (QED) is 0.159. The lowest BCUT2D eigenvalue weighted by molar-refractivity contribution is 0.632. The summed E-state index contributed by atoms with van der Waals surface area (Å²) in [6.45, 7) is 4.69. The molecule has 0 fully saturated rings. The molecule has 0 saturated carbocycles. The van der Waals surface area contributed by atoms with Crippen LogP contribution in [0.4, 0.5) is 34.1 Å². The van der Waals surface area contributed by atoms with Gasteiger partial charge in [-0.3, -0.25) is 0 Å². The van der Waals surface area contributed by atoms with Gasteiger partial charge in [-0.1, -0.05) is 141 Å². The largest absolute Gasteiger partial charge is 0.310 e. The Morgan fingerprint density at radius 3 is 0.919 bits per heavy atom. The predicted molar refractivity (Wildman–Crippen MR) is 311 cm³/mol. The van der Waals surface area contributed by atoms with Gasteiger partial charge in [-0.25, -0.2) is 0 Å². The molecule has 0 bridgehead atoms. The van der Waals surface area contributed by atoms with Crippen molar-refractivity contribution in [1.29, 1.82) is 0 Å². The Labute approximate surface area is 429 Å². The molecule has 14 aromatic rings. The van der Waals surface area contributed by atoms with Crippen molar-refractivity contribution in [2.45, 2.75) is 19.3 Å². The van der Waals surface area contributed by atoms with E-state index in [1.54, 1.807) is 0 Å². The first-order valence-electron chi connectivity index (χ1n) is 25.6. The molecule has 0 spiro atoms. The van der Waals surface area contributed by atoms with Gasteiger partial charge in [0.2, 0.25) is 0 Å². The van der Waals surface area contributed by atoms with Crippen molar-refractivity contribution in [2.75, 3.05) is 9.80 Å². The molecular formula is C69H49N5. The minimum atomic E-state index is -0.126. The van der Waals surface area contributed by atoms with Crippen LogP contribution in [0.3, 0.4) is 0 Å². The molecule has 4 heterocycles. The second-order valence-electron chi connectivity index (χ2n) is 20.2. The molecule has 15 rings (SSSR count). The second kappa shape index (κ2) is 16.2. The normalized spacial score (nSPS) is 13.1. The maximum absolute atomic E-state index is 2.45. The summed E-state index contributed by atoms with van der Waals surface area (Å²) in [7, 11) is 0. The van der Waals surface area contributed by atoms with Crippen molar-refractivity contribution >= 4 is 99.5 Å². The van der Waals surface area contributed by atoms with Gasteiger partial charge in [0, 0.05) is 77.5 Å². The molecule has 350 valence electrons. The fourth-order valence-corrected chi connectivity index (χ4v) is 12.4. The van der Waals surface area contributed by atoms with Gasteiger partial charge in [0.1, 0.15) is 0 Å². The van der Waals surface area contributed by atoms with E-state index in [0.29, 0.717) is 0 Å². The van der Waals surface area contributed by atoms with E-state index in [1.165, 1.54) is 87.9 Å². The van der Waals surface area contributed by atoms with Gasteiger partial charge in [-0.15, -0.1) is 0 Å². The number of hydrogen-bond donors (Lipinski definition) is 0. The van der Waals surface area contributed by atoms with Gasteiger partial charge in [0.05, 0.1) is 44.5 Å². The maximum atomic E-state index is 2.45. The Kier molecular flexibility index (Phi) is 9.24. The molecule has 74 heavy (non-hydrogen) atoms.